The zero-order valence-electron chi connectivity index (χ0n) is 21.7. The number of hydrogen-bond donors (Lipinski definition) is 1. The van der Waals surface area contributed by atoms with Crippen LogP contribution < -0.4 is 14.8 Å². The van der Waals surface area contributed by atoms with E-state index in [-0.39, 0.29) is 5.41 Å². The number of benzene rings is 3. The molecule has 0 saturated carbocycles. The zero-order chi connectivity index (χ0) is 25.3. The van der Waals surface area contributed by atoms with Crippen molar-refractivity contribution in [3.05, 3.63) is 99.0 Å². The summed E-state index contributed by atoms with van der Waals surface area (Å²) in [7, 11) is 1.71. The lowest BCUT2D eigenvalue weighted by molar-refractivity contribution is 0.312. The van der Waals surface area contributed by atoms with E-state index < -0.39 is 0 Å². The molecule has 0 aliphatic carbocycles. The van der Waals surface area contributed by atoms with E-state index in [1.807, 2.05) is 18.2 Å². The molecular weight excluding hydrogens is 545 g/mol. The van der Waals surface area contributed by atoms with Crippen molar-refractivity contribution in [3.8, 4) is 11.5 Å². The van der Waals surface area contributed by atoms with Crippen molar-refractivity contribution in [1.29, 1.82) is 0 Å². The summed E-state index contributed by atoms with van der Waals surface area (Å²) in [6, 6.07) is 25.6. The molecule has 0 amide bonds. The number of halogens is 1. The van der Waals surface area contributed by atoms with Crippen LogP contribution in [0, 0.1) is 15.4 Å². The highest BCUT2D eigenvalue weighted by Crippen LogP contribution is 2.42. The SMILES string of the molecule is COc1ccccc1CNCCOc1cccc([C](CCC(C)C)C(C)(C)c2cccc(I)c2)c1. The predicted octanol–water partition coefficient (Wildman–Crippen LogP) is 7.80. The van der Waals surface area contributed by atoms with E-state index in [1.165, 1.54) is 27.0 Å². The molecule has 0 aromatic heterocycles. The molecule has 0 heterocycles. The first-order valence-electron chi connectivity index (χ1n) is 12.5. The van der Waals surface area contributed by atoms with E-state index in [0.29, 0.717) is 12.5 Å². The minimum absolute atomic E-state index is 0.0645. The quantitative estimate of drug-likeness (QED) is 0.164. The molecule has 1 radical (unpaired) electrons. The summed E-state index contributed by atoms with van der Waals surface area (Å²) in [5, 5.41) is 3.46. The van der Waals surface area contributed by atoms with Gasteiger partial charge in [0, 0.05) is 33.6 Å². The van der Waals surface area contributed by atoms with Gasteiger partial charge >= 0.3 is 0 Å². The van der Waals surface area contributed by atoms with E-state index in [4.69, 9.17) is 9.47 Å². The summed E-state index contributed by atoms with van der Waals surface area (Å²) in [5.41, 5.74) is 3.72. The van der Waals surface area contributed by atoms with Crippen molar-refractivity contribution in [2.24, 2.45) is 5.92 Å². The van der Waals surface area contributed by atoms with E-state index in [0.717, 1.165) is 36.6 Å². The summed E-state index contributed by atoms with van der Waals surface area (Å²) >= 11 is 2.41. The molecule has 3 rings (SSSR count). The lowest BCUT2D eigenvalue weighted by Crippen LogP contribution is -2.28. The molecule has 3 aromatic carbocycles. The van der Waals surface area contributed by atoms with Crippen molar-refractivity contribution in [2.45, 2.75) is 52.5 Å². The van der Waals surface area contributed by atoms with Gasteiger partial charge in [0.15, 0.2) is 0 Å². The van der Waals surface area contributed by atoms with Crippen LogP contribution in [0.25, 0.3) is 0 Å². The van der Waals surface area contributed by atoms with Gasteiger partial charge in [0.05, 0.1) is 7.11 Å². The Labute approximate surface area is 225 Å². The minimum atomic E-state index is -0.0645. The number of nitrogens with one attached hydrogen (secondary N) is 1. The maximum absolute atomic E-state index is 6.15. The second-order valence-corrected chi connectivity index (χ2v) is 11.2. The number of rotatable bonds is 13. The first-order valence-corrected chi connectivity index (χ1v) is 13.6. The Morgan fingerprint density at radius 2 is 1.74 bits per heavy atom. The van der Waals surface area contributed by atoms with Crippen molar-refractivity contribution >= 4 is 22.6 Å². The minimum Gasteiger partial charge on any atom is -0.496 e. The van der Waals surface area contributed by atoms with Crippen LogP contribution in [0.1, 0.15) is 57.2 Å². The molecule has 3 nitrogen and oxygen atoms in total. The van der Waals surface area contributed by atoms with Crippen LogP contribution in [0.3, 0.4) is 0 Å². The van der Waals surface area contributed by atoms with Crippen LogP contribution in [0.4, 0.5) is 0 Å². The third-order valence-electron chi connectivity index (χ3n) is 6.51. The maximum Gasteiger partial charge on any atom is 0.123 e. The average molecular weight is 585 g/mol. The van der Waals surface area contributed by atoms with Crippen LogP contribution in [-0.2, 0) is 12.0 Å². The Bertz CT molecular complexity index is 1060. The Morgan fingerprint density at radius 3 is 2.49 bits per heavy atom. The maximum atomic E-state index is 6.15. The predicted molar refractivity (Wildman–Crippen MR) is 155 cm³/mol. The third kappa shape index (κ3) is 7.97. The summed E-state index contributed by atoms with van der Waals surface area (Å²) in [6.07, 6.45) is 2.24. The van der Waals surface area contributed by atoms with Gasteiger partial charge in [-0.2, -0.15) is 0 Å². The Balaban J connectivity index is 1.67. The second kappa shape index (κ2) is 13.3. The van der Waals surface area contributed by atoms with Crippen molar-refractivity contribution in [1.82, 2.24) is 5.32 Å². The smallest absolute Gasteiger partial charge is 0.123 e. The van der Waals surface area contributed by atoms with Crippen LogP contribution >= 0.6 is 22.6 Å². The molecular formula is C31H39INO2. The normalized spacial score (nSPS) is 11.8. The summed E-state index contributed by atoms with van der Waals surface area (Å²) < 4.78 is 12.9. The van der Waals surface area contributed by atoms with Crippen molar-refractivity contribution in [3.63, 3.8) is 0 Å². The fourth-order valence-electron chi connectivity index (χ4n) is 4.39. The average Bonchev–Trinajstić information content (AvgIpc) is 2.84. The lowest BCUT2D eigenvalue weighted by Gasteiger charge is -2.36. The van der Waals surface area contributed by atoms with Gasteiger partial charge in [-0.3, -0.25) is 0 Å². The van der Waals surface area contributed by atoms with Gasteiger partial charge in [0.2, 0.25) is 0 Å². The molecule has 0 spiro atoms. The fourth-order valence-corrected chi connectivity index (χ4v) is 4.93. The number of ether oxygens (including phenoxy) is 2. The highest BCUT2D eigenvalue weighted by atomic mass is 127. The third-order valence-corrected chi connectivity index (χ3v) is 7.18. The Morgan fingerprint density at radius 1 is 0.971 bits per heavy atom. The summed E-state index contributed by atoms with van der Waals surface area (Å²) in [5.74, 6) is 3.95. The number of hydrogen-bond acceptors (Lipinski definition) is 3. The van der Waals surface area contributed by atoms with Gasteiger partial charge in [0.1, 0.15) is 18.1 Å². The van der Waals surface area contributed by atoms with Crippen LogP contribution in [-0.4, -0.2) is 20.3 Å². The summed E-state index contributed by atoms with van der Waals surface area (Å²) in [6.45, 7) is 11.4. The molecule has 0 saturated heterocycles. The van der Waals surface area contributed by atoms with Crippen LogP contribution in [0.15, 0.2) is 72.8 Å². The van der Waals surface area contributed by atoms with Crippen molar-refractivity contribution in [2.75, 3.05) is 20.3 Å². The van der Waals surface area contributed by atoms with Crippen LogP contribution in [0.5, 0.6) is 11.5 Å². The van der Waals surface area contributed by atoms with Crippen LogP contribution in [0.2, 0.25) is 0 Å². The highest BCUT2D eigenvalue weighted by molar-refractivity contribution is 14.1. The van der Waals surface area contributed by atoms with Gasteiger partial charge < -0.3 is 14.8 Å². The largest absolute Gasteiger partial charge is 0.496 e. The first kappa shape index (κ1) is 27.5. The van der Waals surface area contributed by atoms with E-state index >= 15 is 0 Å². The standard InChI is InChI=1S/C31H39INO2/c1-23(2)16-17-29(31(3,4)26-12-9-13-27(32)21-26)24-11-8-14-28(20-24)35-19-18-33-22-25-10-6-7-15-30(25)34-5/h6-15,20-21,23,33H,16-19,22H2,1-5H3. The molecule has 4 heteroatoms. The van der Waals surface area contributed by atoms with Gasteiger partial charge in [-0.15, -0.1) is 0 Å². The topological polar surface area (TPSA) is 30.5 Å². The summed E-state index contributed by atoms with van der Waals surface area (Å²) in [4.78, 5) is 0. The molecule has 0 bridgehead atoms. The molecule has 1 N–H and O–H groups in total. The van der Waals surface area contributed by atoms with E-state index in [9.17, 15) is 0 Å². The van der Waals surface area contributed by atoms with Gasteiger partial charge in [-0.25, -0.2) is 0 Å². The molecule has 35 heavy (non-hydrogen) atoms. The van der Waals surface area contributed by atoms with Gasteiger partial charge in [-0.05, 0) is 76.4 Å². The molecule has 0 aliphatic rings. The molecule has 3 aromatic rings. The molecule has 0 fully saturated rings. The lowest BCUT2D eigenvalue weighted by atomic mass is 9.68. The molecule has 0 aliphatic heterocycles. The second-order valence-electron chi connectivity index (χ2n) is 9.91. The van der Waals surface area contributed by atoms with Crippen molar-refractivity contribution < 1.29 is 9.47 Å². The van der Waals surface area contributed by atoms with Gasteiger partial charge in [-0.1, -0.05) is 76.6 Å². The molecule has 0 atom stereocenters. The molecule has 0 unspecified atom stereocenters. The van der Waals surface area contributed by atoms with E-state index in [2.05, 4.69) is 110 Å². The first-order chi connectivity index (χ1) is 16.8. The zero-order valence-corrected chi connectivity index (χ0v) is 23.9. The van der Waals surface area contributed by atoms with E-state index in [1.54, 1.807) is 7.11 Å². The Kier molecular flexibility index (Phi) is 10.5. The number of methoxy groups -OCH3 is 1. The van der Waals surface area contributed by atoms with Gasteiger partial charge in [0.25, 0.3) is 0 Å². The highest BCUT2D eigenvalue weighted by Gasteiger charge is 2.33. The molecule has 187 valence electrons. The monoisotopic (exact) mass is 584 g/mol. The Hall–Kier alpha value is -2.05. The number of para-hydroxylation sites is 1. The fraction of sp³-hybridized carbons (Fsp3) is 0.387.